The fourth-order valence-corrected chi connectivity index (χ4v) is 3.88. The molecule has 1 amide bonds. The second-order valence-corrected chi connectivity index (χ2v) is 7.15. The van der Waals surface area contributed by atoms with Crippen LogP contribution in [-0.4, -0.2) is 25.7 Å². The van der Waals surface area contributed by atoms with E-state index >= 15 is 0 Å². The fraction of sp³-hybridized carbons (Fsp3) is 0.333. The molecule has 7 heteroatoms. The van der Waals surface area contributed by atoms with Gasteiger partial charge in [-0.1, -0.05) is 30.3 Å². The fourth-order valence-electron chi connectivity index (χ4n) is 3.06. The predicted octanol–water partition coefficient (Wildman–Crippen LogP) is 2.20. The second-order valence-electron chi connectivity index (χ2n) is 6.21. The molecular formula is C18H19N5OS. The van der Waals surface area contributed by atoms with Crippen molar-refractivity contribution in [3.8, 4) is 0 Å². The lowest BCUT2D eigenvalue weighted by Gasteiger charge is -2.21. The molecule has 1 unspecified atom stereocenters. The number of benzene rings is 1. The Morgan fingerprint density at radius 2 is 2.20 bits per heavy atom. The van der Waals surface area contributed by atoms with E-state index in [0.29, 0.717) is 13.1 Å². The molecule has 1 N–H and O–H groups in total. The minimum atomic E-state index is -0.0448. The van der Waals surface area contributed by atoms with Gasteiger partial charge in [-0.3, -0.25) is 4.79 Å². The van der Waals surface area contributed by atoms with E-state index in [1.165, 1.54) is 5.56 Å². The summed E-state index contributed by atoms with van der Waals surface area (Å²) >= 11 is 1.64. The zero-order valence-electron chi connectivity index (χ0n) is 13.8. The van der Waals surface area contributed by atoms with E-state index in [0.717, 1.165) is 35.8 Å². The quantitative estimate of drug-likeness (QED) is 0.763. The molecule has 128 valence electrons. The van der Waals surface area contributed by atoms with Crippen molar-refractivity contribution < 1.29 is 4.79 Å². The summed E-state index contributed by atoms with van der Waals surface area (Å²) in [4.78, 5) is 21.2. The van der Waals surface area contributed by atoms with Crippen LogP contribution in [0.2, 0.25) is 0 Å². The van der Waals surface area contributed by atoms with Gasteiger partial charge in [0.25, 0.3) is 0 Å². The van der Waals surface area contributed by atoms with Crippen molar-refractivity contribution in [2.75, 3.05) is 0 Å². The van der Waals surface area contributed by atoms with E-state index in [9.17, 15) is 4.79 Å². The van der Waals surface area contributed by atoms with Crippen molar-refractivity contribution in [2.45, 2.75) is 32.4 Å². The van der Waals surface area contributed by atoms with E-state index in [4.69, 9.17) is 0 Å². The van der Waals surface area contributed by atoms with Crippen LogP contribution < -0.4 is 5.32 Å². The number of rotatable bonds is 5. The first-order valence-corrected chi connectivity index (χ1v) is 9.27. The molecule has 4 rings (SSSR count). The van der Waals surface area contributed by atoms with Crippen LogP contribution in [0.15, 0.2) is 42.0 Å². The summed E-state index contributed by atoms with van der Waals surface area (Å²) < 4.78 is 1.83. The lowest BCUT2D eigenvalue weighted by molar-refractivity contribution is -0.126. The topological polar surface area (TPSA) is 72.7 Å². The number of carbonyl (C=O) groups is 1. The normalized spacial score (nSPS) is 16.4. The number of aromatic nitrogens is 4. The van der Waals surface area contributed by atoms with E-state index in [1.54, 1.807) is 17.7 Å². The predicted molar refractivity (Wildman–Crippen MR) is 95.0 cm³/mol. The maximum Gasteiger partial charge on any atom is 0.225 e. The van der Waals surface area contributed by atoms with Crippen molar-refractivity contribution in [1.82, 2.24) is 25.1 Å². The molecule has 0 bridgehead atoms. The molecule has 1 aliphatic rings. The first-order valence-electron chi connectivity index (χ1n) is 8.39. The molecule has 25 heavy (non-hydrogen) atoms. The van der Waals surface area contributed by atoms with Crippen molar-refractivity contribution in [2.24, 2.45) is 5.92 Å². The molecule has 0 saturated heterocycles. The zero-order valence-corrected chi connectivity index (χ0v) is 14.6. The Kier molecular flexibility index (Phi) is 4.56. The highest BCUT2D eigenvalue weighted by Crippen LogP contribution is 2.18. The van der Waals surface area contributed by atoms with Gasteiger partial charge in [-0.05, 0) is 12.0 Å². The van der Waals surface area contributed by atoms with Crippen molar-refractivity contribution >= 4 is 17.2 Å². The first-order chi connectivity index (χ1) is 12.3. The van der Waals surface area contributed by atoms with Crippen molar-refractivity contribution in [3.05, 3.63) is 64.1 Å². The monoisotopic (exact) mass is 353 g/mol. The Morgan fingerprint density at radius 1 is 1.32 bits per heavy atom. The van der Waals surface area contributed by atoms with Gasteiger partial charge in [0.05, 0.1) is 29.7 Å². The zero-order chi connectivity index (χ0) is 17.1. The van der Waals surface area contributed by atoms with E-state index in [2.05, 4.69) is 32.5 Å². The third-order valence-corrected chi connectivity index (χ3v) is 5.32. The number of hydrogen-bond donors (Lipinski definition) is 1. The number of nitrogens with one attached hydrogen (secondary N) is 1. The van der Waals surface area contributed by atoms with Crippen molar-refractivity contribution in [3.63, 3.8) is 0 Å². The molecule has 2 aromatic heterocycles. The van der Waals surface area contributed by atoms with Gasteiger partial charge in [0, 0.05) is 18.2 Å². The maximum absolute atomic E-state index is 12.4. The highest BCUT2D eigenvalue weighted by molar-refractivity contribution is 7.09. The number of nitrogens with zero attached hydrogens (tertiary/aromatic N) is 4. The second kappa shape index (κ2) is 7.14. The molecule has 1 aromatic carbocycles. The van der Waals surface area contributed by atoms with Crippen LogP contribution in [0.4, 0.5) is 0 Å². The molecule has 0 saturated carbocycles. The van der Waals surface area contributed by atoms with E-state index in [-0.39, 0.29) is 11.8 Å². The smallest absolute Gasteiger partial charge is 0.225 e. The third kappa shape index (κ3) is 3.76. The molecule has 0 aliphatic carbocycles. The number of fused-ring (bicyclic) bond motifs is 1. The highest BCUT2D eigenvalue weighted by Gasteiger charge is 2.25. The van der Waals surface area contributed by atoms with Gasteiger partial charge in [0.15, 0.2) is 0 Å². The Morgan fingerprint density at radius 3 is 3.08 bits per heavy atom. The summed E-state index contributed by atoms with van der Waals surface area (Å²) in [5.74, 6) is 0.990. The van der Waals surface area contributed by atoms with Crippen molar-refractivity contribution in [1.29, 1.82) is 0 Å². The number of hydrogen-bond acceptors (Lipinski definition) is 5. The van der Waals surface area contributed by atoms with Crippen LogP contribution in [0.5, 0.6) is 0 Å². The Labute approximate surface area is 149 Å². The van der Waals surface area contributed by atoms with Crippen LogP contribution in [0.1, 0.15) is 28.5 Å². The number of thiazole rings is 1. The summed E-state index contributed by atoms with van der Waals surface area (Å²) in [6.45, 7) is 1.09. The van der Waals surface area contributed by atoms with Crippen LogP contribution in [0.25, 0.3) is 0 Å². The molecule has 0 spiro atoms. The van der Waals surface area contributed by atoms with Gasteiger partial charge < -0.3 is 5.32 Å². The minimum Gasteiger partial charge on any atom is -0.350 e. The van der Waals surface area contributed by atoms with Crippen LogP contribution >= 0.6 is 11.3 Å². The van der Waals surface area contributed by atoms with Gasteiger partial charge in [-0.15, -0.1) is 11.3 Å². The highest BCUT2D eigenvalue weighted by atomic mass is 32.1. The third-order valence-electron chi connectivity index (χ3n) is 4.42. The molecular weight excluding hydrogens is 334 g/mol. The molecule has 1 aliphatic heterocycles. The molecule has 6 nitrogen and oxygen atoms in total. The Balaban J connectivity index is 1.31. The summed E-state index contributed by atoms with van der Waals surface area (Å²) in [7, 11) is 0. The van der Waals surface area contributed by atoms with E-state index < -0.39 is 0 Å². The molecule has 0 fully saturated rings. The van der Waals surface area contributed by atoms with Crippen LogP contribution in [0.3, 0.4) is 0 Å². The summed E-state index contributed by atoms with van der Waals surface area (Å²) in [6.07, 6.45) is 4.01. The van der Waals surface area contributed by atoms with E-state index in [1.807, 2.05) is 28.3 Å². The summed E-state index contributed by atoms with van der Waals surface area (Å²) in [5.41, 5.74) is 2.17. The molecule has 0 radical (unpaired) electrons. The average molecular weight is 353 g/mol. The molecule has 3 heterocycles. The van der Waals surface area contributed by atoms with Gasteiger partial charge in [-0.25, -0.2) is 14.6 Å². The first kappa shape index (κ1) is 16.0. The lowest BCUT2D eigenvalue weighted by atomic mass is 9.99. The van der Waals surface area contributed by atoms with Gasteiger partial charge in [0.1, 0.15) is 12.2 Å². The number of aryl methyl sites for hydroxylation is 1. The SMILES string of the molecule is O=C(NCc1csc(Cc2ccccc2)n1)C1CCc2ncnn2C1. The largest absolute Gasteiger partial charge is 0.350 e. The minimum absolute atomic E-state index is 0.0448. The van der Waals surface area contributed by atoms with Gasteiger partial charge in [0.2, 0.25) is 5.91 Å². The number of carbonyl (C=O) groups excluding carboxylic acids is 1. The average Bonchev–Trinajstić information content (AvgIpc) is 3.29. The Bertz CT molecular complexity index is 857. The maximum atomic E-state index is 12.4. The van der Waals surface area contributed by atoms with Gasteiger partial charge >= 0.3 is 0 Å². The standard InChI is InChI=1S/C18H19N5OS/c24-18(14-6-7-16-20-12-21-23(16)10-14)19-9-15-11-25-17(22-15)8-13-4-2-1-3-5-13/h1-5,11-12,14H,6-10H2,(H,19,24). The summed E-state index contributed by atoms with van der Waals surface area (Å²) in [6, 6.07) is 10.3. The lowest BCUT2D eigenvalue weighted by Crippen LogP contribution is -2.36. The van der Waals surface area contributed by atoms with Crippen LogP contribution in [0, 0.1) is 5.92 Å². The van der Waals surface area contributed by atoms with Crippen LogP contribution in [-0.2, 0) is 30.7 Å². The van der Waals surface area contributed by atoms with Gasteiger partial charge in [-0.2, -0.15) is 5.10 Å². The number of amides is 1. The Hall–Kier alpha value is -2.54. The molecule has 3 aromatic rings. The molecule has 1 atom stereocenters. The summed E-state index contributed by atoms with van der Waals surface area (Å²) in [5, 5.41) is 10.3.